The maximum absolute atomic E-state index is 13.8. The van der Waals surface area contributed by atoms with Crippen molar-refractivity contribution in [1.82, 2.24) is 58.2 Å². The Bertz CT molecular complexity index is 4740. The molecular formula is C68H76N20O6S6. The second kappa shape index (κ2) is 28.3. The maximum atomic E-state index is 13.8. The number of thiophene rings is 3. The van der Waals surface area contributed by atoms with Gasteiger partial charge in [-0.05, 0) is 219 Å². The number of aliphatic hydroxyl groups is 4. The Morgan fingerprint density at radius 3 is 1.55 bits per heavy atom. The molecule has 1 unspecified atom stereocenters. The van der Waals surface area contributed by atoms with E-state index < -0.39 is 28.9 Å². The first-order valence-electron chi connectivity index (χ1n) is 33.6. The van der Waals surface area contributed by atoms with E-state index in [1.165, 1.54) is 34.4 Å². The molecule has 11 heterocycles. The van der Waals surface area contributed by atoms with Gasteiger partial charge in [0.05, 0.1) is 69.9 Å². The highest BCUT2D eigenvalue weighted by Gasteiger charge is 2.33. The molecule has 0 radical (unpaired) electrons. The van der Waals surface area contributed by atoms with Gasteiger partial charge in [0.25, 0.3) is 11.8 Å². The third-order valence-electron chi connectivity index (χ3n) is 19.1. The summed E-state index contributed by atoms with van der Waals surface area (Å²) in [5.41, 5.74) is 3.91. The SMILES string of the molecule is CN1CCC(NC(=O)c2cc(Nc3nc(N[C@H]4CC[C@](C)(O)CC4)c4sc(-c5ccc(NC(=O)c6cc(Nc7nc(N[C@H]8CC[C@](C)(O)CC8)c8sc(-c9ccc(NC(O)c%10cc(Nc%11nc(N[C@H]%12CC[C@](C)(O)CC%12)c%12sccc%12n%11)sn%10)cn9)cc8n7)sn6)cc5)cc4n3)sn2)CC1. The van der Waals surface area contributed by atoms with Crippen molar-refractivity contribution in [3.63, 3.8) is 0 Å². The highest BCUT2D eigenvalue weighted by molar-refractivity contribution is 7.23. The minimum absolute atomic E-state index is 0.0640. The zero-order valence-corrected chi connectivity index (χ0v) is 60.2. The summed E-state index contributed by atoms with van der Waals surface area (Å²) in [6.07, 6.45) is 11.2. The van der Waals surface area contributed by atoms with E-state index in [9.17, 15) is 30.0 Å². The molecule has 4 fully saturated rings. The smallest absolute Gasteiger partial charge is 0.275 e. The normalized spacial score (nSPS) is 22.5. The van der Waals surface area contributed by atoms with Gasteiger partial charge in [-0.15, -0.1) is 34.0 Å². The van der Waals surface area contributed by atoms with Crippen LogP contribution in [0, 0.1) is 0 Å². The fourth-order valence-electron chi connectivity index (χ4n) is 13.1. The summed E-state index contributed by atoms with van der Waals surface area (Å²) in [6, 6.07) is 22.9. The molecule has 4 aliphatic rings. The third-order valence-corrected chi connectivity index (χ3v) is 24.4. The zero-order valence-electron chi connectivity index (χ0n) is 55.3. The molecule has 1 aromatic carbocycles. The Balaban J connectivity index is 0.599. The van der Waals surface area contributed by atoms with Gasteiger partial charge in [0.15, 0.2) is 6.23 Å². The molecule has 13 N–H and O–H groups in total. The Hall–Kier alpha value is -8.28. The molecular weight excluding hydrogens is 1390 g/mol. The van der Waals surface area contributed by atoms with Gasteiger partial charge in [-0.25, -0.2) is 15.0 Å². The number of nitrogens with one attached hydrogen (secondary N) is 9. The molecule has 0 bridgehead atoms. The van der Waals surface area contributed by atoms with Crippen LogP contribution in [0.1, 0.15) is 144 Å². The van der Waals surface area contributed by atoms with E-state index in [1.807, 2.05) is 80.7 Å². The van der Waals surface area contributed by atoms with Gasteiger partial charge in [0.1, 0.15) is 49.5 Å². The van der Waals surface area contributed by atoms with Crippen LogP contribution in [0.3, 0.4) is 0 Å². The molecule has 32 heteroatoms. The number of carbonyl (C=O) groups is 2. The standard InChI is InChI=1S/C68H76N20O6S6/c1-66(92)20-11-37(12-21-66)70-57-54-43(19-28-95-54)76-63(82-57)79-51-33-48(87-98-51)62(91)75-41-9-10-42(69-34-41)50-30-45-56(97-50)59(72-39-15-24-68(3,94)25-16-39)84-65(78-45)81-52-31-46(85-99-52)60(89)73-36-7-5-35(6-8-36)49-29-44-55(96-49)58(71-38-13-22-67(2,93)23-14-38)83-64(77-44)80-53-32-47(86-100-53)61(90)74-40-17-26-88(4)27-18-40/h5-10,19,28-34,37-40,62,75,91-94H,11-18,20-27H2,1-4H3,(H,73,89)(H,74,90)(H2,70,76,79,82)(H2,71,77,80,83)(H2,72,78,81,84)/t37-,38-,39-,62?,66-,67-,68-. The average Bonchev–Trinajstić information content (AvgIpc) is 1.62. The van der Waals surface area contributed by atoms with Crippen LogP contribution in [0.25, 0.3) is 51.7 Å². The molecule has 15 rings (SSSR count). The number of amides is 2. The summed E-state index contributed by atoms with van der Waals surface area (Å²) in [5, 5.41) is 77.4. The van der Waals surface area contributed by atoms with Gasteiger partial charge in [0, 0.05) is 52.9 Å². The number of aromatic nitrogens is 10. The molecule has 2 amide bonds. The zero-order chi connectivity index (χ0) is 68.9. The van der Waals surface area contributed by atoms with Crippen molar-refractivity contribution in [1.29, 1.82) is 0 Å². The molecule has 1 saturated heterocycles. The van der Waals surface area contributed by atoms with E-state index in [1.54, 1.807) is 47.1 Å². The Labute approximate surface area is 599 Å². The van der Waals surface area contributed by atoms with Crippen molar-refractivity contribution in [3.05, 3.63) is 101 Å². The van der Waals surface area contributed by atoms with Crippen molar-refractivity contribution in [3.8, 4) is 21.0 Å². The van der Waals surface area contributed by atoms with Gasteiger partial charge in [-0.3, -0.25) is 14.6 Å². The number of carbonyl (C=O) groups excluding carboxylic acids is 2. The number of aliphatic hydroxyl groups excluding tert-OH is 1. The number of pyridine rings is 1. The highest BCUT2D eigenvalue weighted by atomic mass is 32.1. The first-order chi connectivity index (χ1) is 48.2. The monoisotopic (exact) mass is 1460 g/mol. The van der Waals surface area contributed by atoms with Crippen molar-refractivity contribution < 1.29 is 30.0 Å². The van der Waals surface area contributed by atoms with Gasteiger partial charge < -0.3 is 73.2 Å². The highest BCUT2D eigenvalue weighted by Crippen LogP contribution is 2.43. The van der Waals surface area contributed by atoms with E-state index >= 15 is 0 Å². The fraction of sp³-hybridized carbons (Fsp3) is 0.412. The molecule has 10 aromatic heterocycles. The maximum Gasteiger partial charge on any atom is 0.275 e. The van der Waals surface area contributed by atoms with Gasteiger partial charge in [0.2, 0.25) is 17.8 Å². The first kappa shape index (κ1) is 67.5. The number of nitrogens with zero attached hydrogens (tertiary/aromatic N) is 11. The number of anilines is 11. The van der Waals surface area contributed by atoms with Crippen LogP contribution >= 0.6 is 68.6 Å². The summed E-state index contributed by atoms with van der Waals surface area (Å²) in [4.78, 5) is 65.3. The lowest BCUT2D eigenvalue weighted by molar-refractivity contribution is 0.0192. The van der Waals surface area contributed by atoms with E-state index in [-0.39, 0.29) is 35.8 Å². The lowest BCUT2D eigenvalue weighted by Gasteiger charge is -2.33. The molecule has 0 spiro atoms. The molecule has 1 aliphatic heterocycles. The summed E-state index contributed by atoms with van der Waals surface area (Å²) < 4.78 is 16.2. The van der Waals surface area contributed by atoms with Crippen LogP contribution in [0.2, 0.25) is 0 Å². The minimum atomic E-state index is -1.14. The van der Waals surface area contributed by atoms with Crippen molar-refractivity contribution in [2.24, 2.45) is 0 Å². The van der Waals surface area contributed by atoms with E-state index in [2.05, 4.69) is 72.9 Å². The van der Waals surface area contributed by atoms with Crippen LogP contribution in [-0.2, 0) is 0 Å². The van der Waals surface area contributed by atoms with E-state index in [0.717, 1.165) is 135 Å². The second-order valence-corrected chi connectivity index (χ2v) is 32.9. The molecule has 100 heavy (non-hydrogen) atoms. The Morgan fingerprint density at radius 1 is 0.530 bits per heavy atom. The Kier molecular flexibility index (Phi) is 19.1. The summed E-state index contributed by atoms with van der Waals surface area (Å²) in [7, 11) is 2.09. The second-order valence-electron chi connectivity index (χ2n) is 27.4. The lowest BCUT2D eigenvalue weighted by atomic mass is 9.84. The average molecular weight is 1460 g/mol. The fourth-order valence-corrected chi connectivity index (χ4v) is 17.9. The quantitative estimate of drug-likeness (QED) is 0.0297. The number of hydrogen-bond acceptors (Lipinski definition) is 30. The lowest BCUT2D eigenvalue weighted by Crippen LogP contribution is -2.43. The number of likely N-dealkylation sites (tertiary alicyclic amines) is 1. The summed E-state index contributed by atoms with van der Waals surface area (Å²) in [6.45, 7) is 7.54. The molecule has 3 saturated carbocycles. The topological polar surface area (TPSA) is 355 Å². The molecule has 26 nitrogen and oxygen atoms in total. The van der Waals surface area contributed by atoms with Crippen LogP contribution < -0.4 is 47.9 Å². The van der Waals surface area contributed by atoms with E-state index in [0.29, 0.717) is 104 Å². The molecule has 1 atom stereocenters. The predicted octanol–water partition coefficient (Wildman–Crippen LogP) is 13.5. The van der Waals surface area contributed by atoms with Crippen LogP contribution in [0.15, 0.2) is 84.4 Å². The molecule has 11 aromatic rings. The van der Waals surface area contributed by atoms with Crippen LogP contribution in [0.4, 0.5) is 61.7 Å². The van der Waals surface area contributed by atoms with E-state index in [4.69, 9.17) is 34.9 Å². The van der Waals surface area contributed by atoms with Gasteiger partial charge >= 0.3 is 0 Å². The van der Waals surface area contributed by atoms with Gasteiger partial charge in [-0.1, -0.05) is 12.1 Å². The Morgan fingerprint density at radius 2 is 1.01 bits per heavy atom. The third kappa shape index (κ3) is 15.9. The van der Waals surface area contributed by atoms with Crippen molar-refractivity contribution >= 4 is 173 Å². The van der Waals surface area contributed by atoms with Crippen LogP contribution in [-0.4, -0.2) is 146 Å². The number of benzene rings is 1. The summed E-state index contributed by atoms with van der Waals surface area (Å²) >= 11 is 8.13. The summed E-state index contributed by atoms with van der Waals surface area (Å²) in [5.74, 6) is 2.56. The largest absolute Gasteiger partial charge is 0.390 e. The number of hydrogen-bond donors (Lipinski definition) is 13. The number of rotatable bonds is 21. The predicted molar refractivity (Wildman–Crippen MR) is 401 cm³/mol. The van der Waals surface area contributed by atoms with Crippen molar-refractivity contribution in [2.45, 2.75) is 158 Å². The molecule has 520 valence electrons. The number of piperidine rings is 1. The van der Waals surface area contributed by atoms with Gasteiger partial charge in [-0.2, -0.15) is 28.1 Å². The van der Waals surface area contributed by atoms with Crippen LogP contribution in [0.5, 0.6) is 0 Å². The first-order valence-corrected chi connectivity index (χ1v) is 38.4. The minimum Gasteiger partial charge on any atom is -0.390 e. The molecule has 3 aliphatic carbocycles. The van der Waals surface area contributed by atoms with Crippen molar-refractivity contribution in [2.75, 3.05) is 62.7 Å². The number of fused-ring (bicyclic) bond motifs is 3.